The summed E-state index contributed by atoms with van der Waals surface area (Å²) in [5.74, 6) is -0.913. The van der Waals surface area contributed by atoms with E-state index in [1.807, 2.05) is 31.2 Å². The highest BCUT2D eigenvalue weighted by atomic mass is 19.1. The molecule has 6 heteroatoms. The number of nitrogens with zero attached hydrogens (tertiary/aromatic N) is 1. The topological polar surface area (TPSA) is 58.6 Å². The minimum atomic E-state index is -0.729. The van der Waals surface area contributed by atoms with Crippen LogP contribution in [-0.4, -0.2) is 36.0 Å². The monoisotopic (exact) mass is 342 g/mol. The smallest absolute Gasteiger partial charge is 0.249 e. The zero-order valence-electron chi connectivity index (χ0n) is 13.9. The van der Waals surface area contributed by atoms with Crippen LogP contribution < -0.4 is 5.32 Å². The molecular weight excluding hydrogens is 323 g/mol. The Morgan fingerprint density at radius 3 is 2.56 bits per heavy atom. The summed E-state index contributed by atoms with van der Waals surface area (Å²) in [4.78, 5) is 26.3. The highest BCUT2D eigenvalue weighted by molar-refractivity contribution is 5.97. The Morgan fingerprint density at radius 2 is 1.88 bits per heavy atom. The Kier molecular flexibility index (Phi) is 5.09. The predicted octanol–water partition coefficient (Wildman–Crippen LogP) is 2.50. The van der Waals surface area contributed by atoms with Crippen LogP contribution >= 0.6 is 0 Å². The van der Waals surface area contributed by atoms with Crippen LogP contribution in [0.15, 0.2) is 48.5 Å². The maximum absolute atomic E-state index is 13.1. The third kappa shape index (κ3) is 4.22. The highest BCUT2D eigenvalue weighted by Crippen LogP contribution is 2.17. The lowest BCUT2D eigenvalue weighted by Gasteiger charge is -2.34. The number of morpholine rings is 1. The molecule has 5 nitrogen and oxygen atoms in total. The second-order valence-electron chi connectivity index (χ2n) is 6.03. The van der Waals surface area contributed by atoms with E-state index in [1.165, 1.54) is 17.0 Å². The Labute approximate surface area is 145 Å². The van der Waals surface area contributed by atoms with Gasteiger partial charge in [0.1, 0.15) is 18.5 Å². The largest absolute Gasteiger partial charge is 0.369 e. The fraction of sp³-hybridized carbons (Fsp3) is 0.263. The number of halogens is 1. The van der Waals surface area contributed by atoms with E-state index in [2.05, 4.69) is 5.32 Å². The van der Waals surface area contributed by atoms with Crippen LogP contribution in [0.3, 0.4) is 0 Å². The van der Waals surface area contributed by atoms with Crippen molar-refractivity contribution < 1.29 is 18.7 Å². The molecule has 2 aromatic rings. The molecule has 2 amide bonds. The van der Waals surface area contributed by atoms with E-state index >= 15 is 0 Å². The van der Waals surface area contributed by atoms with Crippen LogP contribution in [0.2, 0.25) is 0 Å². The zero-order chi connectivity index (χ0) is 17.8. The van der Waals surface area contributed by atoms with E-state index in [0.717, 1.165) is 11.1 Å². The first-order chi connectivity index (χ1) is 12.0. The first-order valence-corrected chi connectivity index (χ1v) is 8.02. The number of rotatable bonds is 4. The van der Waals surface area contributed by atoms with Gasteiger partial charge in [-0.15, -0.1) is 0 Å². The maximum Gasteiger partial charge on any atom is 0.249 e. The highest BCUT2D eigenvalue weighted by Gasteiger charge is 2.34. The van der Waals surface area contributed by atoms with Crippen molar-refractivity contribution in [3.05, 3.63) is 65.5 Å². The lowest BCUT2D eigenvalue weighted by molar-refractivity contribution is -0.154. The van der Waals surface area contributed by atoms with Gasteiger partial charge in [-0.2, -0.15) is 0 Å². The molecule has 1 unspecified atom stereocenters. The number of ether oxygens (including phenoxy) is 1. The van der Waals surface area contributed by atoms with Crippen molar-refractivity contribution in [1.29, 1.82) is 0 Å². The van der Waals surface area contributed by atoms with Crippen LogP contribution in [-0.2, 0) is 20.9 Å². The van der Waals surface area contributed by atoms with E-state index in [1.54, 1.807) is 12.1 Å². The Morgan fingerprint density at radius 1 is 1.20 bits per heavy atom. The van der Waals surface area contributed by atoms with Crippen molar-refractivity contribution in [2.45, 2.75) is 19.5 Å². The Hall–Kier alpha value is -2.73. The molecule has 1 atom stereocenters. The molecule has 0 spiro atoms. The standard InChI is InChI=1S/C19H19FN2O3/c1-13-2-8-16(9-3-13)21-19(24)17-11-25-12-18(23)22(17)10-14-4-6-15(20)7-5-14/h2-9,17H,10-12H2,1H3,(H,21,24). The molecule has 1 aliphatic rings. The fourth-order valence-electron chi connectivity index (χ4n) is 2.67. The predicted molar refractivity (Wildman–Crippen MR) is 91.4 cm³/mol. The van der Waals surface area contributed by atoms with Crippen LogP contribution in [0.5, 0.6) is 0 Å². The van der Waals surface area contributed by atoms with Crippen LogP contribution in [0.1, 0.15) is 11.1 Å². The van der Waals surface area contributed by atoms with Gasteiger partial charge in [0.15, 0.2) is 0 Å². The molecule has 0 radical (unpaired) electrons. The van der Waals surface area contributed by atoms with Gasteiger partial charge in [-0.1, -0.05) is 29.8 Å². The quantitative estimate of drug-likeness (QED) is 0.929. The number of nitrogens with one attached hydrogen (secondary N) is 1. The van der Waals surface area contributed by atoms with E-state index < -0.39 is 6.04 Å². The van der Waals surface area contributed by atoms with Gasteiger partial charge in [-0.3, -0.25) is 9.59 Å². The van der Waals surface area contributed by atoms with Gasteiger partial charge in [0.05, 0.1) is 6.61 Å². The Balaban J connectivity index is 1.74. The van der Waals surface area contributed by atoms with E-state index in [-0.39, 0.29) is 37.4 Å². The number of benzene rings is 2. The van der Waals surface area contributed by atoms with Crippen molar-refractivity contribution in [1.82, 2.24) is 4.90 Å². The number of aryl methyl sites for hydroxylation is 1. The van der Waals surface area contributed by atoms with Crippen LogP contribution in [0, 0.1) is 12.7 Å². The number of amides is 2. The first kappa shape index (κ1) is 17.1. The average molecular weight is 342 g/mol. The number of hydrogen-bond acceptors (Lipinski definition) is 3. The first-order valence-electron chi connectivity index (χ1n) is 8.02. The summed E-state index contributed by atoms with van der Waals surface area (Å²) in [6, 6.07) is 12.6. The summed E-state index contributed by atoms with van der Waals surface area (Å²) >= 11 is 0. The minimum absolute atomic E-state index is 0.0600. The molecule has 0 aromatic heterocycles. The molecule has 3 rings (SSSR count). The van der Waals surface area contributed by atoms with Crippen molar-refractivity contribution in [3.8, 4) is 0 Å². The fourth-order valence-corrected chi connectivity index (χ4v) is 2.67. The summed E-state index contributed by atoms with van der Waals surface area (Å²) in [5, 5.41) is 2.81. The van der Waals surface area contributed by atoms with Crippen molar-refractivity contribution in [3.63, 3.8) is 0 Å². The number of anilines is 1. The van der Waals surface area contributed by atoms with Crippen LogP contribution in [0.25, 0.3) is 0 Å². The third-order valence-corrected chi connectivity index (χ3v) is 4.09. The minimum Gasteiger partial charge on any atom is -0.369 e. The second-order valence-corrected chi connectivity index (χ2v) is 6.03. The van der Waals surface area contributed by atoms with Gasteiger partial charge in [0.25, 0.3) is 0 Å². The normalized spacial score (nSPS) is 17.4. The van der Waals surface area contributed by atoms with Gasteiger partial charge < -0.3 is 15.0 Å². The lowest BCUT2D eigenvalue weighted by Crippen LogP contribution is -2.54. The van der Waals surface area contributed by atoms with Gasteiger partial charge in [-0.25, -0.2) is 4.39 Å². The zero-order valence-corrected chi connectivity index (χ0v) is 13.9. The number of hydrogen-bond donors (Lipinski definition) is 1. The third-order valence-electron chi connectivity index (χ3n) is 4.09. The van der Waals surface area contributed by atoms with Gasteiger partial charge in [-0.05, 0) is 36.8 Å². The van der Waals surface area contributed by atoms with Gasteiger partial charge in [0, 0.05) is 12.2 Å². The summed E-state index contributed by atoms with van der Waals surface area (Å²) in [5.41, 5.74) is 2.51. The molecule has 0 saturated carbocycles. The van der Waals surface area contributed by atoms with Crippen molar-refractivity contribution in [2.24, 2.45) is 0 Å². The average Bonchev–Trinajstić information content (AvgIpc) is 2.60. The summed E-state index contributed by atoms with van der Waals surface area (Å²) in [6.07, 6.45) is 0. The number of carbonyl (C=O) groups is 2. The van der Waals surface area contributed by atoms with Gasteiger partial charge >= 0.3 is 0 Å². The summed E-state index contributed by atoms with van der Waals surface area (Å²) in [6.45, 7) is 2.26. The summed E-state index contributed by atoms with van der Waals surface area (Å²) < 4.78 is 18.3. The van der Waals surface area contributed by atoms with E-state index in [9.17, 15) is 14.0 Å². The molecule has 1 heterocycles. The molecule has 25 heavy (non-hydrogen) atoms. The van der Waals surface area contributed by atoms with E-state index in [4.69, 9.17) is 4.74 Å². The van der Waals surface area contributed by atoms with Gasteiger partial charge in [0.2, 0.25) is 11.8 Å². The molecule has 1 N–H and O–H groups in total. The molecule has 1 saturated heterocycles. The molecule has 1 aliphatic heterocycles. The molecule has 130 valence electrons. The van der Waals surface area contributed by atoms with Crippen molar-refractivity contribution in [2.75, 3.05) is 18.5 Å². The molecule has 2 aromatic carbocycles. The second kappa shape index (κ2) is 7.44. The van der Waals surface area contributed by atoms with Crippen molar-refractivity contribution >= 4 is 17.5 Å². The van der Waals surface area contributed by atoms with Crippen LogP contribution in [0.4, 0.5) is 10.1 Å². The lowest BCUT2D eigenvalue weighted by atomic mass is 10.1. The molecule has 0 aliphatic carbocycles. The molecule has 1 fully saturated rings. The SMILES string of the molecule is Cc1ccc(NC(=O)C2COCC(=O)N2Cc2ccc(F)cc2)cc1. The number of carbonyl (C=O) groups excluding carboxylic acids is 2. The van der Waals surface area contributed by atoms with E-state index in [0.29, 0.717) is 5.69 Å². The molecule has 0 bridgehead atoms. The Bertz CT molecular complexity index is 759. The molecular formula is C19H19FN2O3. The maximum atomic E-state index is 13.1. The summed E-state index contributed by atoms with van der Waals surface area (Å²) in [7, 11) is 0.